The summed E-state index contributed by atoms with van der Waals surface area (Å²) in [5.41, 5.74) is 11.8. The number of allylic oxidation sites excluding steroid dienone is 2. The van der Waals surface area contributed by atoms with Gasteiger partial charge in [-0.1, -0.05) is 12.1 Å². The molecule has 70 valence electrons. The Labute approximate surface area is 80.2 Å². The van der Waals surface area contributed by atoms with Crippen molar-refractivity contribution in [3.8, 4) is 0 Å². The van der Waals surface area contributed by atoms with Crippen LogP contribution in [0.5, 0.6) is 0 Å². The number of Topliss-reactive ketones (excluding diaryl/α,β-unsaturated/α-hetero) is 1. The molecule has 14 heavy (non-hydrogen) atoms. The van der Waals surface area contributed by atoms with E-state index in [4.69, 9.17) is 11.5 Å². The minimum atomic E-state index is -0.341. The number of ketones is 2. The van der Waals surface area contributed by atoms with Gasteiger partial charge >= 0.3 is 0 Å². The average molecular weight is 188 g/mol. The molecule has 4 heteroatoms. The largest absolute Gasteiger partial charge is 0.398 e. The van der Waals surface area contributed by atoms with Crippen LogP contribution in [0.4, 0.5) is 5.69 Å². The van der Waals surface area contributed by atoms with Gasteiger partial charge < -0.3 is 11.5 Å². The topological polar surface area (TPSA) is 86.2 Å². The molecule has 0 aromatic heterocycles. The van der Waals surface area contributed by atoms with Gasteiger partial charge in [-0.2, -0.15) is 0 Å². The van der Waals surface area contributed by atoms with Gasteiger partial charge in [-0.15, -0.1) is 0 Å². The molecule has 2 rings (SSSR count). The molecule has 0 bridgehead atoms. The van der Waals surface area contributed by atoms with E-state index in [0.717, 1.165) is 6.08 Å². The zero-order valence-electron chi connectivity index (χ0n) is 7.28. The number of benzene rings is 1. The van der Waals surface area contributed by atoms with Crippen molar-refractivity contribution in [1.82, 2.24) is 0 Å². The van der Waals surface area contributed by atoms with Crippen molar-refractivity contribution >= 4 is 17.3 Å². The van der Waals surface area contributed by atoms with Crippen LogP contribution in [0.25, 0.3) is 0 Å². The van der Waals surface area contributed by atoms with Gasteiger partial charge in [0.25, 0.3) is 0 Å². The van der Waals surface area contributed by atoms with Crippen LogP contribution in [0.1, 0.15) is 20.7 Å². The standard InChI is InChI=1S/C10H8N2O2/c11-6-3-1-2-5-9(6)8(13)4-7(12)10(5)14/h1-4H,11-12H2. The van der Waals surface area contributed by atoms with Crippen LogP contribution in [-0.2, 0) is 0 Å². The quantitative estimate of drug-likeness (QED) is 0.580. The van der Waals surface area contributed by atoms with E-state index in [2.05, 4.69) is 0 Å². The van der Waals surface area contributed by atoms with Crippen molar-refractivity contribution in [1.29, 1.82) is 0 Å². The summed E-state index contributed by atoms with van der Waals surface area (Å²) in [4.78, 5) is 23.0. The van der Waals surface area contributed by atoms with E-state index in [0.29, 0.717) is 5.69 Å². The molecule has 0 atom stereocenters. The SMILES string of the molecule is NC1=CC(=O)c2c(N)cccc2C1=O. The van der Waals surface area contributed by atoms with Gasteiger partial charge in [-0.25, -0.2) is 0 Å². The van der Waals surface area contributed by atoms with Crippen molar-refractivity contribution < 1.29 is 9.59 Å². The third-order valence-electron chi connectivity index (χ3n) is 2.14. The summed E-state index contributed by atoms with van der Waals surface area (Å²) in [6.07, 6.45) is 1.11. The summed E-state index contributed by atoms with van der Waals surface area (Å²) in [6, 6.07) is 4.75. The van der Waals surface area contributed by atoms with Crippen molar-refractivity contribution in [3.63, 3.8) is 0 Å². The average Bonchev–Trinajstić information content (AvgIpc) is 2.14. The molecule has 0 fully saturated rings. The second-order valence-electron chi connectivity index (χ2n) is 3.06. The van der Waals surface area contributed by atoms with Gasteiger partial charge in [-0.3, -0.25) is 9.59 Å². The number of anilines is 1. The lowest BCUT2D eigenvalue weighted by Gasteiger charge is -2.13. The van der Waals surface area contributed by atoms with Crippen molar-refractivity contribution in [2.75, 3.05) is 5.73 Å². The number of nitrogen functional groups attached to an aromatic ring is 1. The van der Waals surface area contributed by atoms with Crippen LogP contribution in [0.2, 0.25) is 0 Å². The van der Waals surface area contributed by atoms with Crippen LogP contribution in [-0.4, -0.2) is 11.6 Å². The number of nitrogens with two attached hydrogens (primary N) is 2. The van der Waals surface area contributed by atoms with Gasteiger partial charge in [0.2, 0.25) is 5.78 Å². The monoisotopic (exact) mass is 188 g/mol. The second-order valence-corrected chi connectivity index (χ2v) is 3.06. The van der Waals surface area contributed by atoms with E-state index < -0.39 is 0 Å². The first-order valence-electron chi connectivity index (χ1n) is 4.06. The molecule has 1 aromatic rings. The molecule has 0 aliphatic heterocycles. The number of rotatable bonds is 0. The molecule has 0 saturated heterocycles. The fraction of sp³-hybridized carbons (Fsp3) is 0. The summed E-state index contributed by atoms with van der Waals surface area (Å²) >= 11 is 0. The van der Waals surface area contributed by atoms with E-state index in [-0.39, 0.29) is 28.4 Å². The van der Waals surface area contributed by atoms with Crippen LogP contribution in [0, 0.1) is 0 Å². The zero-order chi connectivity index (χ0) is 10.3. The zero-order valence-corrected chi connectivity index (χ0v) is 7.28. The fourth-order valence-corrected chi connectivity index (χ4v) is 1.47. The molecule has 4 nitrogen and oxygen atoms in total. The molecule has 0 saturated carbocycles. The van der Waals surface area contributed by atoms with Gasteiger partial charge in [0.1, 0.15) is 0 Å². The molecular weight excluding hydrogens is 180 g/mol. The van der Waals surface area contributed by atoms with Gasteiger partial charge in [0, 0.05) is 17.3 Å². The van der Waals surface area contributed by atoms with Crippen LogP contribution in [0.3, 0.4) is 0 Å². The normalized spacial score (nSPS) is 15.0. The molecule has 0 unspecified atom stereocenters. The number of hydrogen-bond donors (Lipinski definition) is 2. The first kappa shape index (κ1) is 8.50. The van der Waals surface area contributed by atoms with E-state index in [1.165, 1.54) is 0 Å². The van der Waals surface area contributed by atoms with Crippen LogP contribution < -0.4 is 11.5 Å². The maximum Gasteiger partial charge on any atom is 0.209 e. The van der Waals surface area contributed by atoms with Gasteiger partial charge in [0.05, 0.1) is 11.3 Å². The summed E-state index contributed by atoms with van der Waals surface area (Å²) < 4.78 is 0. The summed E-state index contributed by atoms with van der Waals surface area (Å²) in [7, 11) is 0. The number of carbonyl (C=O) groups is 2. The van der Waals surface area contributed by atoms with Gasteiger partial charge in [0.15, 0.2) is 5.78 Å². The lowest BCUT2D eigenvalue weighted by Crippen LogP contribution is -2.22. The Morgan fingerprint density at radius 1 is 1.07 bits per heavy atom. The lowest BCUT2D eigenvalue weighted by atomic mass is 9.92. The minimum Gasteiger partial charge on any atom is -0.398 e. The molecule has 0 amide bonds. The Bertz CT molecular complexity index is 475. The van der Waals surface area contributed by atoms with Crippen molar-refractivity contribution in [2.24, 2.45) is 5.73 Å². The van der Waals surface area contributed by atoms with Crippen LogP contribution >= 0.6 is 0 Å². The summed E-state index contributed by atoms with van der Waals surface area (Å²) in [5.74, 6) is -0.651. The molecule has 4 N–H and O–H groups in total. The predicted molar refractivity (Wildman–Crippen MR) is 51.8 cm³/mol. The highest BCUT2D eigenvalue weighted by Gasteiger charge is 2.25. The van der Waals surface area contributed by atoms with Crippen molar-refractivity contribution in [2.45, 2.75) is 0 Å². The molecule has 1 aliphatic rings. The van der Waals surface area contributed by atoms with E-state index in [1.54, 1.807) is 18.2 Å². The summed E-state index contributed by atoms with van der Waals surface area (Å²) in [5, 5.41) is 0. The second kappa shape index (κ2) is 2.70. The Morgan fingerprint density at radius 3 is 2.50 bits per heavy atom. The molecule has 1 aliphatic carbocycles. The third-order valence-corrected chi connectivity index (χ3v) is 2.14. The maximum atomic E-state index is 11.5. The Hall–Kier alpha value is -2.10. The molecule has 0 radical (unpaired) electrons. The highest BCUT2D eigenvalue weighted by Crippen LogP contribution is 2.23. The van der Waals surface area contributed by atoms with Crippen LogP contribution in [0.15, 0.2) is 30.0 Å². The highest BCUT2D eigenvalue weighted by molar-refractivity contribution is 6.25. The first-order valence-corrected chi connectivity index (χ1v) is 4.06. The molecule has 0 heterocycles. The van der Waals surface area contributed by atoms with Crippen molar-refractivity contribution in [3.05, 3.63) is 41.1 Å². The Kier molecular flexibility index (Phi) is 1.64. The first-order chi connectivity index (χ1) is 6.61. The Balaban J connectivity index is 2.75. The minimum absolute atomic E-state index is 0.0342. The summed E-state index contributed by atoms with van der Waals surface area (Å²) in [6.45, 7) is 0. The predicted octanol–water partition coefficient (Wildman–Crippen LogP) is 0.490. The molecule has 0 spiro atoms. The lowest BCUT2D eigenvalue weighted by molar-refractivity contribution is 0.0984. The molecular formula is C10H8N2O2. The molecule has 1 aromatic carbocycles. The third kappa shape index (κ3) is 1.01. The van der Waals surface area contributed by atoms with E-state index in [9.17, 15) is 9.59 Å². The number of carbonyl (C=O) groups excluding carboxylic acids is 2. The fourth-order valence-electron chi connectivity index (χ4n) is 1.47. The van der Waals surface area contributed by atoms with E-state index >= 15 is 0 Å². The smallest absolute Gasteiger partial charge is 0.209 e. The van der Waals surface area contributed by atoms with E-state index in [1.807, 2.05) is 0 Å². The number of fused-ring (bicyclic) bond motifs is 1. The van der Waals surface area contributed by atoms with Gasteiger partial charge in [-0.05, 0) is 6.07 Å². The maximum absolute atomic E-state index is 11.5. The number of hydrogen-bond acceptors (Lipinski definition) is 4. The Morgan fingerprint density at radius 2 is 1.79 bits per heavy atom. The highest BCUT2D eigenvalue weighted by atomic mass is 16.1.